The predicted molar refractivity (Wildman–Crippen MR) is 125 cm³/mol. The molecule has 0 unspecified atom stereocenters. The predicted octanol–water partition coefficient (Wildman–Crippen LogP) is 3.85. The second-order valence-corrected chi connectivity index (χ2v) is 10.1. The quantitative estimate of drug-likeness (QED) is 0.435. The highest BCUT2D eigenvalue weighted by molar-refractivity contribution is 7.99. The van der Waals surface area contributed by atoms with Crippen molar-refractivity contribution in [3.05, 3.63) is 50.9 Å². The van der Waals surface area contributed by atoms with E-state index >= 15 is 0 Å². The Morgan fingerprint density at radius 3 is 2.94 bits per heavy atom. The molecule has 0 bridgehead atoms. The Morgan fingerprint density at radius 2 is 2.12 bits per heavy atom. The number of amides is 1. The van der Waals surface area contributed by atoms with Crippen molar-refractivity contribution >= 4 is 39.2 Å². The van der Waals surface area contributed by atoms with Crippen LogP contribution >= 0.6 is 23.1 Å². The first-order valence-electron chi connectivity index (χ1n) is 10.9. The van der Waals surface area contributed by atoms with Gasteiger partial charge in [0.25, 0.3) is 5.56 Å². The molecular weight excluding hydrogens is 449 g/mol. The lowest BCUT2D eigenvalue weighted by molar-refractivity contribution is -0.119. The third-order valence-electron chi connectivity index (χ3n) is 5.93. The standard InChI is InChI=1S/C23H24FN3O3S2/c24-16-8-2-3-9-17(16)27-22(29)20-15-7-1-4-10-18(15)32-21(20)26-23(27)31-13-19(28)25-12-14-6-5-11-30-14/h2-3,8-9,14H,1,4-7,10-13H2,(H,25,28)/t14-/m1/s1. The Kier molecular flexibility index (Phi) is 6.30. The molecule has 1 amide bonds. The Bertz CT molecular complexity index is 1220. The lowest BCUT2D eigenvalue weighted by Crippen LogP contribution is -2.33. The number of aromatic nitrogens is 2. The van der Waals surface area contributed by atoms with Crippen molar-refractivity contribution < 1.29 is 13.9 Å². The maximum absolute atomic E-state index is 14.7. The van der Waals surface area contributed by atoms with Gasteiger partial charge >= 0.3 is 0 Å². The molecule has 1 N–H and O–H groups in total. The molecule has 2 aromatic heterocycles. The summed E-state index contributed by atoms with van der Waals surface area (Å²) in [4.78, 5) is 32.7. The van der Waals surface area contributed by atoms with E-state index in [0.29, 0.717) is 21.9 Å². The van der Waals surface area contributed by atoms with E-state index in [1.807, 2.05) is 0 Å². The highest BCUT2D eigenvalue weighted by Gasteiger charge is 2.24. The van der Waals surface area contributed by atoms with Crippen molar-refractivity contribution in [1.29, 1.82) is 0 Å². The van der Waals surface area contributed by atoms with E-state index in [-0.39, 0.29) is 29.0 Å². The molecule has 32 heavy (non-hydrogen) atoms. The molecule has 1 saturated heterocycles. The summed E-state index contributed by atoms with van der Waals surface area (Å²) in [6, 6.07) is 6.19. The number of nitrogens with zero attached hydrogens (tertiary/aromatic N) is 2. The number of carbonyl (C=O) groups excluding carboxylic acids is 1. The fourth-order valence-electron chi connectivity index (χ4n) is 4.34. The molecule has 1 atom stereocenters. The summed E-state index contributed by atoms with van der Waals surface area (Å²) in [5, 5.41) is 3.81. The second-order valence-electron chi connectivity index (χ2n) is 8.11. The molecule has 2 aliphatic rings. The van der Waals surface area contributed by atoms with Gasteiger partial charge in [0.15, 0.2) is 5.16 Å². The average molecular weight is 474 g/mol. The van der Waals surface area contributed by atoms with Crippen molar-refractivity contribution in [3.8, 4) is 5.69 Å². The summed E-state index contributed by atoms with van der Waals surface area (Å²) in [5.41, 5.74) is 0.955. The van der Waals surface area contributed by atoms with Gasteiger partial charge in [0.1, 0.15) is 10.6 Å². The molecule has 3 aromatic rings. The number of hydrogen-bond acceptors (Lipinski definition) is 6. The number of carbonyl (C=O) groups is 1. The smallest absolute Gasteiger partial charge is 0.267 e. The van der Waals surface area contributed by atoms with Gasteiger partial charge in [0.2, 0.25) is 5.91 Å². The van der Waals surface area contributed by atoms with Crippen LogP contribution < -0.4 is 10.9 Å². The maximum Gasteiger partial charge on any atom is 0.267 e. The molecule has 5 rings (SSSR count). The van der Waals surface area contributed by atoms with E-state index in [2.05, 4.69) is 5.32 Å². The van der Waals surface area contributed by atoms with E-state index in [1.165, 1.54) is 15.5 Å². The lowest BCUT2D eigenvalue weighted by atomic mass is 9.97. The molecule has 9 heteroatoms. The van der Waals surface area contributed by atoms with Crippen LogP contribution in [0.1, 0.15) is 36.1 Å². The van der Waals surface area contributed by atoms with E-state index < -0.39 is 5.82 Å². The molecule has 168 valence electrons. The van der Waals surface area contributed by atoms with Crippen molar-refractivity contribution in [1.82, 2.24) is 14.9 Å². The number of halogens is 1. The molecule has 0 spiro atoms. The summed E-state index contributed by atoms with van der Waals surface area (Å²) >= 11 is 2.70. The van der Waals surface area contributed by atoms with Crippen LogP contribution in [0.15, 0.2) is 34.2 Å². The third-order valence-corrected chi connectivity index (χ3v) is 8.06. The zero-order chi connectivity index (χ0) is 22.1. The summed E-state index contributed by atoms with van der Waals surface area (Å²) < 4.78 is 21.6. The highest BCUT2D eigenvalue weighted by atomic mass is 32.2. The highest BCUT2D eigenvalue weighted by Crippen LogP contribution is 2.35. The van der Waals surface area contributed by atoms with Gasteiger partial charge in [0.05, 0.1) is 22.9 Å². The van der Waals surface area contributed by atoms with E-state index in [9.17, 15) is 14.0 Å². The SMILES string of the molecule is O=C(CSc1nc2sc3c(c2c(=O)n1-c1ccccc1F)CCCC3)NC[C@H]1CCCO1. The molecule has 1 aliphatic carbocycles. The van der Waals surface area contributed by atoms with Gasteiger partial charge < -0.3 is 10.1 Å². The number of nitrogens with one attached hydrogen (secondary N) is 1. The third kappa shape index (κ3) is 4.21. The van der Waals surface area contributed by atoms with Crippen LogP contribution in [0.2, 0.25) is 0 Å². The van der Waals surface area contributed by atoms with E-state index in [0.717, 1.165) is 62.5 Å². The molecule has 3 heterocycles. The van der Waals surface area contributed by atoms with Gasteiger partial charge in [-0.15, -0.1) is 11.3 Å². The Balaban J connectivity index is 1.49. The molecule has 1 aromatic carbocycles. The Morgan fingerprint density at radius 1 is 1.28 bits per heavy atom. The monoisotopic (exact) mass is 473 g/mol. The summed E-state index contributed by atoms with van der Waals surface area (Å²) in [6.45, 7) is 1.21. The van der Waals surface area contributed by atoms with Crippen molar-refractivity contribution in [2.75, 3.05) is 18.9 Å². The van der Waals surface area contributed by atoms with Gasteiger partial charge in [-0.2, -0.15) is 0 Å². The largest absolute Gasteiger partial charge is 0.376 e. The number of hydrogen-bond donors (Lipinski definition) is 1. The number of aryl methyl sites for hydroxylation is 2. The molecular formula is C23H24FN3O3S2. The van der Waals surface area contributed by atoms with Gasteiger partial charge in [-0.25, -0.2) is 9.37 Å². The van der Waals surface area contributed by atoms with Crippen LogP contribution in [-0.4, -0.2) is 40.5 Å². The van der Waals surface area contributed by atoms with Crippen LogP contribution in [0.4, 0.5) is 4.39 Å². The van der Waals surface area contributed by atoms with Gasteiger partial charge in [-0.1, -0.05) is 23.9 Å². The number of rotatable bonds is 6. The molecule has 1 fully saturated rings. The number of fused-ring (bicyclic) bond motifs is 3. The number of ether oxygens (including phenoxy) is 1. The van der Waals surface area contributed by atoms with Crippen molar-refractivity contribution in [2.45, 2.75) is 49.8 Å². The zero-order valence-electron chi connectivity index (χ0n) is 17.6. The van der Waals surface area contributed by atoms with E-state index in [4.69, 9.17) is 9.72 Å². The minimum absolute atomic E-state index is 0.0625. The summed E-state index contributed by atoms with van der Waals surface area (Å²) in [7, 11) is 0. The lowest BCUT2D eigenvalue weighted by Gasteiger charge is -2.14. The maximum atomic E-state index is 14.7. The number of para-hydroxylation sites is 1. The van der Waals surface area contributed by atoms with Crippen LogP contribution in [0.3, 0.4) is 0 Å². The number of thiophene rings is 1. The fraction of sp³-hybridized carbons (Fsp3) is 0.435. The van der Waals surface area contributed by atoms with Gasteiger partial charge in [-0.3, -0.25) is 14.2 Å². The number of benzene rings is 1. The normalized spacial score (nSPS) is 18.1. The number of thioether (sulfide) groups is 1. The minimum Gasteiger partial charge on any atom is -0.376 e. The zero-order valence-corrected chi connectivity index (χ0v) is 19.2. The molecule has 0 saturated carbocycles. The fourth-order valence-corrected chi connectivity index (χ4v) is 6.48. The van der Waals surface area contributed by atoms with E-state index in [1.54, 1.807) is 29.5 Å². The summed E-state index contributed by atoms with van der Waals surface area (Å²) in [5.74, 6) is -0.570. The van der Waals surface area contributed by atoms with Gasteiger partial charge in [0, 0.05) is 18.0 Å². The average Bonchev–Trinajstić information content (AvgIpc) is 3.44. The molecule has 6 nitrogen and oxygen atoms in total. The summed E-state index contributed by atoms with van der Waals surface area (Å²) in [6.07, 6.45) is 5.96. The van der Waals surface area contributed by atoms with Crippen LogP contribution in [0.25, 0.3) is 15.9 Å². The Labute approximate surface area is 193 Å². The first-order chi connectivity index (χ1) is 15.6. The van der Waals surface area contributed by atoms with Crippen molar-refractivity contribution in [3.63, 3.8) is 0 Å². The Hall–Kier alpha value is -2.23. The molecule has 0 radical (unpaired) electrons. The van der Waals surface area contributed by atoms with Crippen LogP contribution in [0.5, 0.6) is 0 Å². The first-order valence-corrected chi connectivity index (χ1v) is 12.8. The topological polar surface area (TPSA) is 73.2 Å². The van der Waals surface area contributed by atoms with Crippen LogP contribution in [-0.2, 0) is 22.4 Å². The first kappa shape index (κ1) is 21.6. The van der Waals surface area contributed by atoms with Crippen LogP contribution in [0, 0.1) is 5.82 Å². The molecule has 1 aliphatic heterocycles. The minimum atomic E-state index is -0.496. The van der Waals surface area contributed by atoms with Gasteiger partial charge in [-0.05, 0) is 56.2 Å². The second kappa shape index (κ2) is 9.33. The van der Waals surface area contributed by atoms with Crippen molar-refractivity contribution in [2.24, 2.45) is 0 Å².